The van der Waals surface area contributed by atoms with Gasteiger partial charge in [-0.15, -0.1) is 0 Å². The van der Waals surface area contributed by atoms with Crippen LogP contribution in [0, 0.1) is 6.92 Å². The Bertz CT molecular complexity index is 740. The van der Waals surface area contributed by atoms with Gasteiger partial charge >= 0.3 is 0 Å². The summed E-state index contributed by atoms with van der Waals surface area (Å²) in [5, 5.41) is 6.37. The van der Waals surface area contributed by atoms with Gasteiger partial charge < -0.3 is 14.7 Å². The monoisotopic (exact) mass is 377 g/mol. The van der Waals surface area contributed by atoms with Crippen LogP contribution in [0.3, 0.4) is 0 Å². The second-order valence-electron chi connectivity index (χ2n) is 5.52. The van der Waals surface area contributed by atoms with E-state index in [0.717, 1.165) is 17.3 Å². The highest BCUT2D eigenvalue weighted by Gasteiger charge is 2.35. The zero-order valence-electron chi connectivity index (χ0n) is 12.6. The summed E-state index contributed by atoms with van der Waals surface area (Å²) in [6.45, 7) is 1.74. The van der Waals surface area contributed by atoms with Crippen molar-refractivity contribution >= 4 is 33.6 Å². The number of anilines is 1. The Labute approximate surface area is 142 Å². The molecule has 0 aliphatic heterocycles. The fourth-order valence-electron chi connectivity index (χ4n) is 2.30. The van der Waals surface area contributed by atoms with Crippen molar-refractivity contribution in [3.63, 3.8) is 0 Å². The third-order valence-electron chi connectivity index (χ3n) is 3.56. The number of carbonyl (C=O) groups excluding carboxylic acids is 2. The fraction of sp³-hybridized carbons (Fsp3) is 0.312. The molecule has 0 spiro atoms. The number of aryl methyl sites for hydroxylation is 1. The number of hydrogen-bond donors (Lipinski definition) is 1. The zero-order valence-corrected chi connectivity index (χ0v) is 14.2. The number of nitrogens with one attached hydrogen (secondary N) is 1. The number of benzene rings is 1. The molecule has 23 heavy (non-hydrogen) atoms. The third-order valence-corrected chi connectivity index (χ3v) is 4.25. The summed E-state index contributed by atoms with van der Waals surface area (Å²) < 4.78 is 5.64. The van der Waals surface area contributed by atoms with Gasteiger partial charge in [-0.2, -0.15) is 0 Å². The maximum Gasteiger partial charge on any atom is 0.255 e. The first kappa shape index (κ1) is 15.7. The molecule has 1 heterocycles. The molecule has 6 nitrogen and oxygen atoms in total. The van der Waals surface area contributed by atoms with Gasteiger partial charge in [-0.3, -0.25) is 9.59 Å². The van der Waals surface area contributed by atoms with Crippen molar-refractivity contribution in [1.82, 2.24) is 10.1 Å². The molecule has 1 aliphatic carbocycles. The van der Waals surface area contributed by atoms with Crippen LogP contribution in [0.1, 0.15) is 29.0 Å². The molecule has 7 heteroatoms. The van der Waals surface area contributed by atoms with Crippen molar-refractivity contribution in [1.29, 1.82) is 0 Å². The Kier molecular flexibility index (Phi) is 4.47. The number of amides is 2. The summed E-state index contributed by atoms with van der Waals surface area (Å²) in [4.78, 5) is 26.5. The summed E-state index contributed by atoms with van der Waals surface area (Å²) in [6.07, 6.45) is 1.85. The van der Waals surface area contributed by atoms with Crippen LogP contribution in [0.2, 0.25) is 0 Å². The maximum atomic E-state index is 12.7. The molecule has 0 atom stereocenters. The standard InChI is InChI=1S/C16H16BrN3O3/c1-10-8-14(19-23-10)18-15(21)9-20(11-6-7-11)16(22)12-4-2-3-5-13(12)17/h2-5,8,11H,6-7,9H2,1H3,(H,18,19,21). The van der Waals surface area contributed by atoms with Gasteiger partial charge in [0.25, 0.3) is 5.91 Å². The first-order valence-electron chi connectivity index (χ1n) is 7.33. The van der Waals surface area contributed by atoms with Gasteiger partial charge in [-0.05, 0) is 47.8 Å². The van der Waals surface area contributed by atoms with Crippen LogP contribution in [-0.2, 0) is 4.79 Å². The van der Waals surface area contributed by atoms with Crippen LogP contribution in [-0.4, -0.2) is 34.5 Å². The largest absolute Gasteiger partial charge is 0.360 e. The average Bonchev–Trinajstić information content (AvgIpc) is 3.28. The lowest BCUT2D eigenvalue weighted by atomic mass is 10.2. The van der Waals surface area contributed by atoms with E-state index in [2.05, 4.69) is 26.4 Å². The first-order valence-corrected chi connectivity index (χ1v) is 8.12. The van der Waals surface area contributed by atoms with Crippen LogP contribution < -0.4 is 5.32 Å². The Balaban J connectivity index is 1.71. The maximum absolute atomic E-state index is 12.7. The number of nitrogens with zero attached hydrogens (tertiary/aromatic N) is 2. The summed E-state index contributed by atoms with van der Waals surface area (Å²) in [5.41, 5.74) is 0.560. The lowest BCUT2D eigenvalue weighted by molar-refractivity contribution is -0.117. The number of aromatic nitrogens is 1. The van der Waals surface area contributed by atoms with Crippen molar-refractivity contribution in [2.45, 2.75) is 25.8 Å². The molecule has 1 saturated carbocycles. The molecule has 3 rings (SSSR count). The quantitative estimate of drug-likeness (QED) is 0.868. The number of rotatable bonds is 5. The molecule has 1 aliphatic rings. The molecule has 0 saturated heterocycles. The highest BCUT2D eigenvalue weighted by Crippen LogP contribution is 2.29. The molecular weight excluding hydrogens is 362 g/mol. The van der Waals surface area contributed by atoms with E-state index >= 15 is 0 Å². The van der Waals surface area contributed by atoms with Crippen LogP contribution in [0.25, 0.3) is 0 Å². The third kappa shape index (κ3) is 3.79. The molecule has 0 radical (unpaired) electrons. The van der Waals surface area contributed by atoms with Gasteiger partial charge in [0, 0.05) is 16.6 Å². The van der Waals surface area contributed by atoms with E-state index in [1.807, 2.05) is 12.1 Å². The second-order valence-corrected chi connectivity index (χ2v) is 6.37. The van der Waals surface area contributed by atoms with Gasteiger partial charge in [-0.25, -0.2) is 0 Å². The molecular formula is C16H16BrN3O3. The van der Waals surface area contributed by atoms with Gasteiger partial charge in [0.05, 0.1) is 5.56 Å². The van der Waals surface area contributed by atoms with Crippen molar-refractivity contribution < 1.29 is 14.1 Å². The summed E-state index contributed by atoms with van der Waals surface area (Å²) in [5.74, 6) is 0.539. The first-order chi connectivity index (χ1) is 11.0. The van der Waals surface area contributed by atoms with Crippen molar-refractivity contribution in [3.05, 3.63) is 46.1 Å². The number of carbonyl (C=O) groups is 2. The molecule has 1 fully saturated rings. The highest BCUT2D eigenvalue weighted by atomic mass is 79.9. The van der Waals surface area contributed by atoms with Crippen LogP contribution in [0.15, 0.2) is 39.3 Å². The minimum absolute atomic E-state index is 0.00323. The number of hydrogen-bond acceptors (Lipinski definition) is 4. The van der Waals surface area contributed by atoms with Gasteiger partial charge in [0.1, 0.15) is 12.3 Å². The van der Waals surface area contributed by atoms with E-state index in [1.54, 1.807) is 30.0 Å². The molecule has 1 aromatic heterocycles. The fourth-order valence-corrected chi connectivity index (χ4v) is 2.76. The summed E-state index contributed by atoms with van der Waals surface area (Å²) in [7, 11) is 0. The van der Waals surface area contributed by atoms with Crippen molar-refractivity contribution in [3.8, 4) is 0 Å². The van der Waals surface area contributed by atoms with Crippen LogP contribution in [0.4, 0.5) is 5.82 Å². The number of halogens is 1. The Morgan fingerprint density at radius 1 is 1.39 bits per heavy atom. The minimum atomic E-state index is -0.286. The molecule has 2 amide bonds. The molecule has 2 aromatic rings. The summed E-state index contributed by atoms with van der Waals surface area (Å²) >= 11 is 3.39. The average molecular weight is 378 g/mol. The molecule has 1 aromatic carbocycles. The van der Waals surface area contributed by atoms with E-state index in [4.69, 9.17) is 4.52 Å². The van der Waals surface area contributed by atoms with E-state index < -0.39 is 0 Å². The Morgan fingerprint density at radius 3 is 2.74 bits per heavy atom. The normalized spacial score (nSPS) is 13.7. The minimum Gasteiger partial charge on any atom is -0.360 e. The van der Waals surface area contributed by atoms with Gasteiger partial charge in [0.2, 0.25) is 5.91 Å². The lowest BCUT2D eigenvalue weighted by Crippen LogP contribution is -2.39. The van der Waals surface area contributed by atoms with E-state index in [0.29, 0.717) is 17.1 Å². The van der Waals surface area contributed by atoms with Crippen LogP contribution >= 0.6 is 15.9 Å². The van der Waals surface area contributed by atoms with Crippen LogP contribution in [0.5, 0.6) is 0 Å². The van der Waals surface area contributed by atoms with E-state index in [9.17, 15) is 9.59 Å². The highest BCUT2D eigenvalue weighted by molar-refractivity contribution is 9.10. The second kappa shape index (κ2) is 6.54. The van der Waals surface area contributed by atoms with E-state index in [1.165, 1.54) is 0 Å². The molecule has 0 bridgehead atoms. The smallest absolute Gasteiger partial charge is 0.255 e. The van der Waals surface area contributed by atoms with Gasteiger partial charge in [-0.1, -0.05) is 17.3 Å². The predicted molar refractivity (Wildman–Crippen MR) is 88.1 cm³/mol. The van der Waals surface area contributed by atoms with Crippen molar-refractivity contribution in [2.75, 3.05) is 11.9 Å². The lowest BCUT2D eigenvalue weighted by Gasteiger charge is -2.22. The zero-order chi connectivity index (χ0) is 16.4. The van der Waals surface area contributed by atoms with Crippen molar-refractivity contribution in [2.24, 2.45) is 0 Å². The summed E-state index contributed by atoms with van der Waals surface area (Å²) in [6, 6.07) is 8.98. The molecule has 120 valence electrons. The van der Waals surface area contributed by atoms with E-state index in [-0.39, 0.29) is 24.4 Å². The SMILES string of the molecule is Cc1cc(NC(=O)CN(C(=O)c2ccccc2Br)C2CC2)no1. The topological polar surface area (TPSA) is 75.4 Å². The Morgan fingerprint density at radius 2 is 2.13 bits per heavy atom. The predicted octanol–water partition coefficient (Wildman–Crippen LogP) is 2.99. The molecule has 0 unspecified atom stereocenters. The molecule has 1 N–H and O–H groups in total. The Hall–Kier alpha value is -2.15. The van der Waals surface area contributed by atoms with Gasteiger partial charge in [0.15, 0.2) is 5.82 Å².